The molecule has 2 aliphatic heterocycles. The van der Waals surface area contributed by atoms with E-state index in [1.807, 2.05) is 0 Å². The van der Waals surface area contributed by atoms with E-state index < -0.39 is 0 Å². The van der Waals surface area contributed by atoms with E-state index in [-0.39, 0.29) is 0 Å². The number of ether oxygens (including phenoxy) is 2. The number of hydrogen-bond acceptors (Lipinski definition) is 5. The number of hydrogen-bond donors (Lipinski definition) is 2. The Bertz CT molecular complexity index is 583. The van der Waals surface area contributed by atoms with E-state index in [4.69, 9.17) is 15.2 Å². The molecule has 0 saturated carbocycles. The first-order valence-corrected chi connectivity index (χ1v) is 10.0. The highest BCUT2D eigenvalue weighted by Gasteiger charge is 2.12. The van der Waals surface area contributed by atoms with Crippen LogP contribution in [0.1, 0.15) is 17.5 Å². The van der Waals surface area contributed by atoms with Crippen LogP contribution in [0.5, 0.6) is 0 Å². The van der Waals surface area contributed by atoms with Crippen LogP contribution in [0.2, 0.25) is 0 Å². The third-order valence-electron chi connectivity index (χ3n) is 5.10. The lowest BCUT2D eigenvalue weighted by Crippen LogP contribution is -2.39. The molecule has 2 fully saturated rings. The number of aliphatic imine (C=N–C) groups is 1. The predicted octanol–water partition coefficient (Wildman–Crippen LogP) is 0.645. The maximum atomic E-state index is 6.05. The summed E-state index contributed by atoms with van der Waals surface area (Å²) in [6, 6.07) is 8.49. The minimum absolute atomic E-state index is 0.526. The second-order valence-electron chi connectivity index (χ2n) is 7.09. The zero-order valence-corrected chi connectivity index (χ0v) is 16.2. The lowest BCUT2D eigenvalue weighted by molar-refractivity contribution is 0.0341. The second-order valence-corrected chi connectivity index (χ2v) is 7.09. The molecule has 2 aliphatic rings. The van der Waals surface area contributed by atoms with E-state index in [2.05, 4.69) is 44.4 Å². The average Bonchev–Trinajstić information content (AvgIpc) is 2.72. The summed E-state index contributed by atoms with van der Waals surface area (Å²) < 4.78 is 10.8. The van der Waals surface area contributed by atoms with Gasteiger partial charge in [-0.05, 0) is 24.1 Å². The molecule has 1 aromatic carbocycles. The predicted molar refractivity (Wildman–Crippen MR) is 108 cm³/mol. The van der Waals surface area contributed by atoms with Crippen molar-refractivity contribution in [1.82, 2.24) is 15.1 Å². The van der Waals surface area contributed by atoms with Crippen LogP contribution < -0.4 is 11.1 Å². The topological polar surface area (TPSA) is 75.3 Å². The smallest absolute Gasteiger partial charge is 0.188 e. The molecule has 150 valence electrons. The highest BCUT2D eigenvalue weighted by Crippen LogP contribution is 2.14. The number of nitrogens with zero attached hydrogens (tertiary/aromatic N) is 3. The van der Waals surface area contributed by atoms with Crippen molar-refractivity contribution in [2.75, 3.05) is 65.7 Å². The maximum absolute atomic E-state index is 6.05. The average molecular weight is 376 g/mol. The van der Waals surface area contributed by atoms with Gasteiger partial charge in [-0.25, -0.2) is 4.99 Å². The Morgan fingerprint density at radius 3 is 2.30 bits per heavy atom. The van der Waals surface area contributed by atoms with Gasteiger partial charge in [0.15, 0.2) is 5.96 Å². The monoisotopic (exact) mass is 375 g/mol. The van der Waals surface area contributed by atoms with Crippen molar-refractivity contribution in [3.8, 4) is 0 Å². The fourth-order valence-corrected chi connectivity index (χ4v) is 3.44. The molecule has 27 heavy (non-hydrogen) atoms. The Balaban J connectivity index is 1.41. The van der Waals surface area contributed by atoms with Crippen LogP contribution in [0.4, 0.5) is 0 Å². The third kappa shape index (κ3) is 7.10. The zero-order valence-electron chi connectivity index (χ0n) is 16.2. The zero-order chi connectivity index (χ0) is 18.7. The maximum Gasteiger partial charge on any atom is 0.188 e. The van der Waals surface area contributed by atoms with Gasteiger partial charge in [-0.15, -0.1) is 0 Å². The molecule has 2 saturated heterocycles. The van der Waals surface area contributed by atoms with Gasteiger partial charge >= 0.3 is 0 Å². The second kappa shape index (κ2) is 11.2. The van der Waals surface area contributed by atoms with Gasteiger partial charge in [-0.1, -0.05) is 24.3 Å². The van der Waals surface area contributed by atoms with Crippen molar-refractivity contribution in [2.45, 2.75) is 19.5 Å². The van der Waals surface area contributed by atoms with E-state index in [1.165, 1.54) is 11.1 Å². The molecule has 7 heteroatoms. The Morgan fingerprint density at radius 2 is 1.59 bits per heavy atom. The number of nitrogens with one attached hydrogen (secondary N) is 1. The minimum Gasteiger partial charge on any atom is -0.379 e. The van der Waals surface area contributed by atoms with Crippen LogP contribution in [-0.2, 0) is 22.6 Å². The van der Waals surface area contributed by atoms with Gasteiger partial charge in [0.1, 0.15) is 0 Å². The van der Waals surface area contributed by atoms with E-state index >= 15 is 0 Å². The van der Waals surface area contributed by atoms with Crippen LogP contribution in [0.25, 0.3) is 0 Å². The number of guanidine groups is 1. The summed E-state index contributed by atoms with van der Waals surface area (Å²) in [6.45, 7) is 10.9. The highest BCUT2D eigenvalue weighted by atomic mass is 16.5. The molecule has 0 radical (unpaired) electrons. The van der Waals surface area contributed by atoms with Gasteiger partial charge in [0.2, 0.25) is 0 Å². The summed E-state index contributed by atoms with van der Waals surface area (Å²) in [6.07, 6.45) is 1.06. The number of benzene rings is 1. The van der Waals surface area contributed by atoms with Crippen molar-refractivity contribution in [2.24, 2.45) is 10.7 Å². The molecule has 0 aliphatic carbocycles. The summed E-state index contributed by atoms with van der Waals surface area (Å²) in [5.41, 5.74) is 8.61. The summed E-state index contributed by atoms with van der Waals surface area (Å²) in [4.78, 5) is 9.40. The molecule has 7 nitrogen and oxygen atoms in total. The molecule has 0 aromatic heterocycles. The van der Waals surface area contributed by atoms with Crippen LogP contribution in [0.15, 0.2) is 29.3 Å². The molecule has 0 atom stereocenters. The summed E-state index contributed by atoms with van der Waals surface area (Å²) >= 11 is 0. The van der Waals surface area contributed by atoms with Crippen LogP contribution in [0, 0.1) is 0 Å². The van der Waals surface area contributed by atoms with Gasteiger partial charge in [-0.3, -0.25) is 9.80 Å². The van der Waals surface area contributed by atoms with Gasteiger partial charge in [0, 0.05) is 39.3 Å². The first-order chi connectivity index (χ1) is 13.3. The van der Waals surface area contributed by atoms with Crippen LogP contribution >= 0.6 is 0 Å². The lowest BCUT2D eigenvalue weighted by Gasteiger charge is -2.27. The summed E-state index contributed by atoms with van der Waals surface area (Å²) in [5.74, 6) is 0.526. The van der Waals surface area contributed by atoms with E-state index in [0.29, 0.717) is 12.5 Å². The SMILES string of the molecule is NC(=NCc1ccccc1CN1CCOCC1)NCCCN1CCOCC1. The molecule has 3 N–H and O–H groups in total. The standard InChI is InChI=1S/C20H33N5O2/c21-20(22-6-3-7-24-8-12-26-13-9-24)23-16-18-4-1-2-5-19(18)17-25-10-14-27-15-11-25/h1-2,4-5H,3,6-17H2,(H3,21,22,23). The molecule has 3 rings (SSSR count). The number of nitrogens with two attached hydrogens (primary N) is 1. The van der Waals surface area contributed by atoms with Gasteiger partial charge < -0.3 is 20.5 Å². The van der Waals surface area contributed by atoms with Gasteiger partial charge in [0.05, 0.1) is 33.0 Å². The molecule has 0 unspecified atom stereocenters. The van der Waals surface area contributed by atoms with Gasteiger partial charge in [-0.2, -0.15) is 0 Å². The van der Waals surface area contributed by atoms with Gasteiger partial charge in [0.25, 0.3) is 0 Å². The quantitative estimate of drug-likeness (QED) is 0.395. The molecular weight excluding hydrogens is 342 g/mol. The third-order valence-corrected chi connectivity index (χ3v) is 5.10. The fourth-order valence-electron chi connectivity index (χ4n) is 3.44. The van der Waals surface area contributed by atoms with E-state index in [0.717, 1.165) is 78.7 Å². The molecule has 1 aromatic rings. The highest BCUT2D eigenvalue weighted by molar-refractivity contribution is 5.77. The summed E-state index contributed by atoms with van der Waals surface area (Å²) in [7, 11) is 0. The molecular formula is C20H33N5O2. The van der Waals surface area contributed by atoms with Crippen molar-refractivity contribution >= 4 is 5.96 Å². The lowest BCUT2D eigenvalue weighted by atomic mass is 10.1. The number of rotatable bonds is 8. The molecule has 2 heterocycles. The van der Waals surface area contributed by atoms with Crippen molar-refractivity contribution in [1.29, 1.82) is 0 Å². The number of morpholine rings is 2. The minimum atomic E-state index is 0.526. The van der Waals surface area contributed by atoms with E-state index in [9.17, 15) is 0 Å². The Hall–Kier alpha value is -1.67. The van der Waals surface area contributed by atoms with Crippen molar-refractivity contribution in [3.63, 3.8) is 0 Å². The Kier molecular flexibility index (Phi) is 8.35. The Labute approximate surface area is 162 Å². The Morgan fingerprint density at radius 1 is 0.963 bits per heavy atom. The normalized spacial score (nSPS) is 19.9. The van der Waals surface area contributed by atoms with Crippen LogP contribution in [0.3, 0.4) is 0 Å². The first kappa shape index (κ1) is 20.1. The molecule has 0 amide bonds. The van der Waals surface area contributed by atoms with E-state index in [1.54, 1.807) is 0 Å². The van der Waals surface area contributed by atoms with Crippen molar-refractivity contribution < 1.29 is 9.47 Å². The molecule has 0 spiro atoms. The van der Waals surface area contributed by atoms with Crippen LogP contribution in [-0.4, -0.2) is 81.5 Å². The van der Waals surface area contributed by atoms with Crippen molar-refractivity contribution in [3.05, 3.63) is 35.4 Å². The largest absolute Gasteiger partial charge is 0.379 e. The summed E-state index contributed by atoms with van der Waals surface area (Å²) in [5, 5.41) is 3.24. The fraction of sp³-hybridized carbons (Fsp3) is 0.650. The molecule has 0 bridgehead atoms. The first-order valence-electron chi connectivity index (χ1n) is 10.0.